The molecule has 0 aromatic carbocycles. The lowest BCUT2D eigenvalue weighted by Gasteiger charge is -2.12. The first-order chi connectivity index (χ1) is 9.59. The fraction of sp³-hybridized carbons (Fsp3) is 0.667. The van der Waals surface area contributed by atoms with Gasteiger partial charge in [-0.3, -0.25) is 0 Å². The van der Waals surface area contributed by atoms with Gasteiger partial charge in [0.25, 0.3) is 0 Å². The molecular weight excluding hydrogens is 280 g/mol. The van der Waals surface area contributed by atoms with Crippen molar-refractivity contribution in [3.05, 3.63) is 12.3 Å². The highest BCUT2D eigenvalue weighted by Gasteiger charge is 2.27. The Morgan fingerprint density at radius 3 is 3.05 bits per heavy atom. The third kappa shape index (κ3) is 4.61. The van der Waals surface area contributed by atoms with Crippen molar-refractivity contribution in [2.45, 2.75) is 18.9 Å². The van der Waals surface area contributed by atoms with Crippen LogP contribution in [0.2, 0.25) is 0 Å². The van der Waals surface area contributed by atoms with Crippen LogP contribution in [0.15, 0.2) is 12.3 Å². The van der Waals surface area contributed by atoms with Gasteiger partial charge in [0.2, 0.25) is 5.95 Å². The molecule has 0 amide bonds. The minimum Gasteiger partial charge on any atom is -0.385 e. The summed E-state index contributed by atoms with van der Waals surface area (Å²) in [6, 6.07) is 1.68. The van der Waals surface area contributed by atoms with Gasteiger partial charge in [-0.05, 0) is 18.9 Å². The van der Waals surface area contributed by atoms with Crippen LogP contribution in [0.1, 0.15) is 12.8 Å². The molecule has 1 fully saturated rings. The smallest absolute Gasteiger partial charge is 0.224 e. The van der Waals surface area contributed by atoms with E-state index >= 15 is 0 Å². The van der Waals surface area contributed by atoms with Crippen LogP contribution in [0, 0.1) is 0 Å². The summed E-state index contributed by atoms with van der Waals surface area (Å²) in [6.07, 6.45) is 3.15. The van der Waals surface area contributed by atoms with E-state index in [0.29, 0.717) is 24.8 Å². The summed E-state index contributed by atoms with van der Waals surface area (Å²) < 4.78 is 27.8. The van der Waals surface area contributed by atoms with Crippen molar-refractivity contribution in [2.75, 3.05) is 42.4 Å². The van der Waals surface area contributed by atoms with Gasteiger partial charge in [-0.1, -0.05) is 0 Å². The largest absolute Gasteiger partial charge is 0.385 e. The summed E-state index contributed by atoms with van der Waals surface area (Å²) in [5.74, 6) is 1.61. The van der Waals surface area contributed by atoms with Crippen LogP contribution in [0.3, 0.4) is 0 Å². The molecule has 0 saturated carbocycles. The van der Waals surface area contributed by atoms with Crippen molar-refractivity contribution in [1.82, 2.24) is 9.97 Å². The lowest BCUT2D eigenvalue weighted by Crippen LogP contribution is -2.21. The Bertz CT molecular complexity index is 535. The SMILES string of the molecule is COCCCNc1nccc(NC2CCS(=O)(=O)C2)n1. The molecule has 1 unspecified atom stereocenters. The average Bonchev–Trinajstić information content (AvgIpc) is 2.74. The summed E-state index contributed by atoms with van der Waals surface area (Å²) >= 11 is 0. The second-order valence-electron chi connectivity index (χ2n) is 4.78. The van der Waals surface area contributed by atoms with E-state index in [1.165, 1.54) is 0 Å². The number of rotatable bonds is 7. The number of sulfone groups is 1. The maximum absolute atomic E-state index is 11.4. The maximum atomic E-state index is 11.4. The first-order valence-corrected chi connectivity index (χ1v) is 8.44. The predicted molar refractivity (Wildman–Crippen MR) is 77.7 cm³/mol. The second kappa shape index (κ2) is 6.85. The predicted octanol–water partition coefficient (Wildman–Crippen LogP) is 0.524. The molecule has 8 heteroatoms. The van der Waals surface area contributed by atoms with E-state index in [1.807, 2.05) is 0 Å². The topological polar surface area (TPSA) is 93.2 Å². The van der Waals surface area contributed by atoms with E-state index < -0.39 is 9.84 Å². The number of aromatic nitrogens is 2. The molecule has 2 N–H and O–H groups in total. The molecule has 1 saturated heterocycles. The lowest BCUT2D eigenvalue weighted by molar-refractivity contribution is 0.197. The molecule has 0 radical (unpaired) electrons. The Balaban J connectivity index is 1.86. The quantitative estimate of drug-likeness (QED) is 0.709. The highest BCUT2D eigenvalue weighted by molar-refractivity contribution is 7.91. The van der Waals surface area contributed by atoms with Gasteiger partial charge in [-0.25, -0.2) is 13.4 Å². The monoisotopic (exact) mass is 300 g/mol. The van der Waals surface area contributed by atoms with Crippen LogP contribution in [0.5, 0.6) is 0 Å². The van der Waals surface area contributed by atoms with Crippen LogP contribution < -0.4 is 10.6 Å². The summed E-state index contributed by atoms with van der Waals surface area (Å²) in [7, 11) is -1.22. The molecule has 2 heterocycles. The van der Waals surface area contributed by atoms with Gasteiger partial charge in [0, 0.05) is 32.5 Å². The highest BCUT2D eigenvalue weighted by atomic mass is 32.2. The third-order valence-corrected chi connectivity index (χ3v) is 4.82. The molecule has 1 aromatic heterocycles. The molecule has 112 valence electrons. The molecule has 2 rings (SSSR count). The number of ether oxygens (including phenoxy) is 1. The van der Waals surface area contributed by atoms with Crippen LogP contribution in [0.25, 0.3) is 0 Å². The van der Waals surface area contributed by atoms with Gasteiger partial charge in [-0.2, -0.15) is 4.98 Å². The molecule has 0 aliphatic carbocycles. The molecule has 0 spiro atoms. The zero-order valence-electron chi connectivity index (χ0n) is 11.5. The normalized spacial score (nSPS) is 20.8. The Labute approximate surface area is 119 Å². The van der Waals surface area contributed by atoms with E-state index in [4.69, 9.17) is 4.74 Å². The average molecular weight is 300 g/mol. The van der Waals surface area contributed by atoms with Crippen LogP contribution >= 0.6 is 0 Å². The van der Waals surface area contributed by atoms with Crippen molar-refractivity contribution in [2.24, 2.45) is 0 Å². The van der Waals surface area contributed by atoms with Gasteiger partial charge in [-0.15, -0.1) is 0 Å². The standard InChI is InChI=1S/C12H20N4O3S/c1-19-7-2-5-13-12-14-6-3-11(16-12)15-10-4-8-20(17,18)9-10/h3,6,10H,2,4-5,7-9H2,1H3,(H2,13,14,15,16). The summed E-state index contributed by atoms with van der Waals surface area (Å²) in [5, 5.41) is 6.24. The van der Waals surface area contributed by atoms with E-state index in [-0.39, 0.29) is 17.5 Å². The summed E-state index contributed by atoms with van der Waals surface area (Å²) in [6.45, 7) is 1.42. The van der Waals surface area contributed by atoms with Crippen LogP contribution in [0.4, 0.5) is 11.8 Å². The number of methoxy groups -OCH3 is 1. The molecule has 1 atom stereocenters. The van der Waals surface area contributed by atoms with Crippen molar-refractivity contribution in [1.29, 1.82) is 0 Å². The van der Waals surface area contributed by atoms with Gasteiger partial charge in [0.05, 0.1) is 11.5 Å². The minimum absolute atomic E-state index is 0.0590. The van der Waals surface area contributed by atoms with Crippen LogP contribution in [-0.4, -0.2) is 56.2 Å². The first kappa shape index (κ1) is 15.0. The van der Waals surface area contributed by atoms with Crippen molar-refractivity contribution in [3.8, 4) is 0 Å². The Kier molecular flexibility index (Phi) is 5.13. The second-order valence-corrected chi connectivity index (χ2v) is 7.01. The summed E-state index contributed by atoms with van der Waals surface area (Å²) in [5.41, 5.74) is 0. The fourth-order valence-electron chi connectivity index (χ4n) is 2.06. The Hall–Kier alpha value is -1.41. The van der Waals surface area contributed by atoms with Crippen LogP contribution in [-0.2, 0) is 14.6 Å². The molecular formula is C12H20N4O3S. The molecule has 1 aliphatic heterocycles. The van der Waals surface area contributed by atoms with E-state index in [1.54, 1.807) is 19.4 Å². The van der Waals surface area contributed by atoms with Crippen molar-refractivity contribution in [3.63, 3.8) is 0 Å². The molecule has 0 bridgehead atoms. The maximum Gasteiger partial charge on any atom is 0.224 e. The van der Waals surface area contributed by atoms with E-state index in [0.717, 1.165) is 13.0 Å². The third-order valence-electron chi connectivity index (χ3n) is 3.05. The van der Waals surface area contributed by atoms with Gasteiger partial charge in [0.1, 0.15) is 5.82 Å². The Morgan fingerprint density at radius 1 is 1.50 bits per heavy atom. The van der Waals surface area contributed by atoms with Gasteiger partial charge in [0.15, 0.2) is 9.84 Å². The van der Waals surface area contributed by atoms with Gasteiger partial charge >= 0.3 is 0 Å². The van der Waals surface area contributed by atoms with Gasteiger partial charge < -0.3 is 15.4 Å². The molecule has 1 aromatic rings. The number of hydrogen-bond acceptors (Lipinski definition) is 7. The zero-order valence-corrected chi connectivity index (χ0v) is 12.3. The lowest BCUT2D eigenvalue weighted by atomic mass is 10.2. The molecule has 7 nitrogen and oxygen atoms in total. The number of hydrogen-bond donors (Lipinski definition) is 2. The Morgan fingerprint density at radius 2 is 2.35 bits per heavy atom. The number of anilines is 2. The highest BCUT2D eigenvalue weighted by Crippen LogP contribution is 2.16. The van der Waals surface area contributed by atoms with E-state index in [9.17, 15) is 8.42 Å². The minimum atomic E-state index is -2.88. The fourth-order valence-corrected chi connectivity index (χ4v) is 3.73. The molecule has 1 aliphatic rings. The zero-order chi connectivity index (χ0) is 14.4. The molecule has 20 heavy (non-hydrogen) atoms. The van der Waals surface area contributed by atoms with Crippen molar-refractivity contribution < 1.29 is 13.2 Å². The van der Waals surface area contributed by atoms with Crippen molar-refractivity contribution >= 4 is 21.6 Å². The number of nitrogens with zero attached hydrogens (tertiary/aromatic N) is 2. The summed E-state index contributed by atoms with van der Waals surface area (Å²) in [4.78, 5) is 8.43. The van der Waals surface area contributed by atoms with E-state index in [2.05, 4.69) is 20.6 Å². The first-order valence-electron chi connectivity index (χ1n) is 6.62. The number of nitrogens with one attached hydrogen (secondary N) is 2.